The number of aliphatic hydroxyl groups excluding tert-OH is 2. The quantitative estimate of drug-likeness (QED) is 0.204. The largest absolute Gasteiger partial charge is 0.459 e. The molecule has 3 saturated carbocycles. The summed E-state index contributed by atoms with van der Waals surface area (Å²) < 4.78 is 18.2. The molecule has 6 nitrogen and oxygen atoms in total. The molecule has 236 valence electrons. The molecule has 1 saturated heterocycles. The maximum atomic E-state index is 12.6. The second-order valence-electron chi connectivity index (χ2n) is 16.0. The van der Waals surface area contributed by atoms with Crippen molar-refractivity contribution in [1.82, 2.24) is 0 Å². The lowest BCUT2D eigenvalue weighted by Crippen LogP contribution is -2.65. The van der Waals surface area contributed by atoms with Crippen LogP contribution in [0.5, 0.6) is 0 Å². The number of aliphatic hydroxyl groups is 2. The Morgan fingerprint density at radius 2 is 1.79 bits per heavy atom. The summed E-state index contributed by atoms with van der Waals surface area (Å²) in [5.74, 6) is 0.848. The molecule has 1 aliphatic heterocycles. The minimum absolute atomic E-state index is 0.0411. The number of carbonyl (C=O) groups is 1. The first kappa shape index (κ1) is 31.9. The van der Waals surface area contributed by atoms with Crippen molar-refractivity contribution in [3.8, 4) is 0 Å². The predicted octanol–water partition coefficient (Wildman–Crippen LogP) is 6.76. The number of hydrogen-bond donors (Lipinski definition) is 2. The van der Waals surface area contributed by atoms with Crippen molar-refractivity contribution in [2.75, 3.05) is 7.11 Å². The maximum Gasteiger partial charge on any atom is 0.330 e. The van der Waals surface area contributed by atoms with E-state index in [2.05, 4.69) is 47.3 Å². The van der Waals surface area contributed by atoms with Crippen LogP contribution in [0.3, 0.4) is 0 Å². The molecule has 0 spiro atoms. The predicted molar refractivity (Wildman–Crippen MR) is 164 cm³/mol. The molecule has 12 unspecified atom stereocenters. The van der Waals surface area contributed by atoms with Gasteiger partial charge in [-0.05, 0) is 99.9 Å². The molecule has 4 aliphatic carbocycles. The van der Waals surface area contributed by atoms with Crippen molar-refractivity contribution in [3.05, 3.63) is 35.5 Å². The van der Waals surface area contributed by atoms with Gasteiger partial charge in [-0.1, -0.05) is 58.4 Å². The Hall–Kier alpha value is -1.47. The summed E-state index contributed by atoms with van der Waals surface area (Å²) in [6, 6.07) is 0. The lowest BCUT2D eigenvalue weighted by atomic mass is 9.37. The normalized spacial score (nSPS) is 46.5. The van der Waals surface area contributed by atoms with Crippen LogP contribution in [0, 0.1) is 45.3 Å². The van der Waals surface area contributed by atoms with Crippen LogP contribution >= 0.6 is 0 Å². The fourth-order valence-electron chi connectivity index (χ4n) is 11.1. The van der Waals surface area contributed by atoms with Crippen LogP contribution in [0.1, 0.15) is 100 Å². The number of carbonyl (C=O) groups excluding carboxylic acids is 1. The average Bonchev–Trinajstić information content (AvgIpc) is 3.48. The van der Waals surface area contributed by atoms with Crippen molar-refractivity contribution < 1.29 is 29.2 Å². The molecule has 12 atom stereocenters. The molecule has 1 heterocycles. The molecule has 0 amide bonds. The molecule has 0 aromatic carbocycles. The van der Waals surface area contributed by atoms with E-state index in [1.807, 2.05) is 20.8 Å². The van der Waals surface area contributed by atoms with Crippen LogP contribution in [0.2, 0.25) is 0 Å². The topological polar surface area (TPSA) is 85.2 Å². The molecule has 0 radical (unpaired) electrons. The summed E-state index contributed by atoms with van der Waals surface area (Å²) in [5, 5.41) is 22.9. The molecule has 2 N–H and O–H groups in total. The van der Waals surface area contributed by atoms with Crippen LogP contribution in [-0.4, -0.2) is 54.0 Å². The molecule has 4 fully saturated rings. The third kappa shape index (κ3) is 4.69. The minimum Gasteiger partial charge on any atom is -0.459 e. The number of fused-ring (bicyclic) bond motifs is 5. The zero-order valence-corrected chi connectivity index (χ0v) is 27.5. The van der Waals surface area contributed by atoms with E-state index in [1.54, 1.807) is 13.2 Å². The summed E-state index contributed by atoms with van der Waals surface area (Å²) in [7, 11) is 1.71. The van der Waals surface area contributed by atoms with Gasteiger partial charge in [0.2, 0.25) is 0 Å². The van der Waals surface area contributed by atoms with Crippen LogP contribution in [0.15, 0.2) is 35.5 Å². The zero-order chi connectivity index (χ0) is 31.0. The summed E-state index contributed by atoms with van der Waals surface area (Å²) in [6.07, 6.45) is 8.45. The summed E-state index contributed by atoms with van der Waals surface area (Å²) >= 11 is 0. The third-order valence-electron chi connectivity index (χ3n) is 13.1. The Labute approximate surface area is 254 Å². The highest BCUT2D eigenvalue weighted by Crippen LogP contribution is 2.73. The van der Waals surface area contributed by atoms with E-state index in [0.29, 0.717) is 18.3 Å². The number of esters is 1. The highest BCUT2D eigenvalue weighted by molar-refractivity contribution is 5.82. The molecule has 5 rings (SSSR count). The minimum atomic E-state index is -0.695. The van der Waals surface area contributed by atoms with Gasteiger partial charge < -0.3 is 24.4 Å². The SMILES string of the molecule is C=C(C)C(O)C1CC(C2CC=C3C2(C)CCC2C4(C)CCC(OC(=O)C=C(C)C)C(C)(C)C4CC(O)C32C)C(OC)O1. The molecule has 0 aromatic rings. The monoisotopic (exact) mass is 584 g/mol. The standard InChI is InChI=1S/C36H56O6/c1-20(2)17-30(38)42-29-14-16-35(8)26-13-15-34(7)23(22-18-24(31(39)21(3)4)41-32(22)40-10)11-12-25(34)36(26,9)28(37)19-27(35)33(29,5)6/h12,17,22-24,26-29,31-32,37,39H,3,11,13-16,18-19H2,1-2,4-10H3. The molecular formula is C36H56O6. The number of allylic oxidation sites excluding steroid dienone is 2. The Bertz CT molecular complexity index is 1150. The molecule has 6 heteroatoms. The van der Waals surface area contributed by atoms with Gasteiger partial charge in [0.25, 0.3) is 0 Å². The van der Waals surface area contributed by atoms with Gasteiger partial charge in [0.15, 0.2) is 6.29 Å². The Morgan fingerprint density at radius 1 is 1.10 bits per heavy atom. The van der Waals surface area contributed by atoms with Gasteiger partial charge in [-0.2, -0.15) is 0 Å². The first-order chi connectivity index (χ1) is 19.5. The van der Waals surface area contributed by atoms with Gasteiger partial charge in [0.05, 0.1) is 12.2 Å². The van der Waals surface area contributed by atoms with Gasteiger partial charge in [-0.25, -0.2) is 4.79 Å². The van der Waals surface area contributed by atoms with E-state index in [-0.39, 0.29) is 58.0 Å². The van der Waals surface area contributed by atoms with Crippen molar-refractivity contribution in [3.63, 3.8) is 0 Å². The first-order valence-electron chi connectivity index (χ1n) is 16.3. The highest BCUT2D eigenvalue weighted by Gasteiger charge is 2.69. The van der Waals surface area contributed by atoms with Crippen molar-refractivity contribution in [1.29, 1.82) is 0 Å². The van der Waals surface area contributed by atoms with E-state index in [4.69, 9.17) is 14.2 Å². The Kier molecular flexibility index (Phi) is 8.25. The average molecular weight is 585 g/mol. The van der Waals surface area contributed by atoms with Crippen LogP contribution in [0.25, 0.3) is 0 Å². The summed E-state index contributed by atoms with van der Waals surface area (Å²) in [6.45, 7) is 21.4. The molecule has 42 heavy (non-hydrogen) atoms. The summed E-state index contributed by atoms with van der Waals surface area (Å²) in [4.78, 5) is 12.6. The number of rotatable bonds is 6. The molecule has 0 aromatic heterocycles. The van der Waals surface area contributed by atoms with Crippen molar-refractivity contribution >= 4 is 5.97 Å². The van der Waals surface area contributed by atoms with E-state index < -0.39 is 12.2 Å². The van der Waals surface area contributed by atoms with Gasteiger partial charge >= 0.3 is 5.97 Å². The second kappa shape index (κ2) is 10.9. The fraction of sp³-hybridized carbons (Fsp3) is 0.806. The molecule has 5 aliphatic rings. The number of methoxy groups -OCH3 is 1. The second-order valence-corrected chi connectivity index (χ2v) is 16.0. The van der Waals surface area contributed by atoms with E-state index in [0.717, 1.165) is 49.7 Å². The zero-order valence-electron chi connectivity index (χ0n) is 27.5. The lowest BCUT2D eigenvalue weighted by molar-refractivity contribution is -0.220. The number of ether oxygens (including phenoxy) is 3. The van der Waals surface area contributed by atoms with Gasteiger partial charge in [-0.15, -0.1) is 0 Å². The molecular weight excluding hydrogens is 528 g/mol. The van der Waals surface area contributed by atoms with E-state index >= 15 is 0 Å². The van der Waals surface area contributed by atoms with Gasteiger partial charge in [0.1, 0.15) is 12.2 Å². The van der Waals surface area contributed by atoms with Gasteiger partial charge in [0, 0.05) is 29.9 Å². The van der Waals surface area contributed by atoms with Crippen molar-refractivity contribution in [2.24, 2.45) is 45.3 Å². The Morgan fingerprint density at radius 3 is 2.40 bits per heavy atom. The lowest BCUT2D eigenvalue weighted by Gasteiger charge is -2.68. The number of hydrogen-bond acceptors (Lipinski definition) is 6. The molecule has 0 bridgehead atoms. The van der Waals surface area contributed by atoms with E-state index in [9.17, 15) is 15.0 Å². The highest BCUT2D eigenvalue weighted by atomic mass is 16.7. The van der Waals surface area contributed by atoms with Crippen LogP contribution < -0.4 is 0 Å². The Balaban J connectivity index is 1.42. The van der Waals surface area contributed by atoms with Crippen molar-refractivity contribution in [2.45, 2.75) is 131 Å². The fourth-order valence-corrected chi connectivity index (χ4v) is 11.1. The van der Waals surface area contributed by atoms with E-state index in [1.165, 1.54) is 5.57 Å². The summed E-state index contributed by atoms with van der Waals surface area (Å²) in [5.41, 5.74) is 2.52. The first-order valence-corrected chi connectivity index (χ1v) is 16.3. The van der Waals surface area contributed by atoms with Crippen LogP contribution in [0.4, 0.5) is 0 Å². The van der Waals surface area contributed by atoms with Crippen LogP contribution in [-0.2, 0) is 19.0 Å². The third-order valence-corrected chi connectivity index (χ3v) is 13.1. The van der Waals surface area contributed by atoms with Gasteiger partial charge in [-0.3, -0.25) is 0 Å². The smallest absolute Gasteiger partial charge is 0.330 e. The maximum absolute atomic E-state index is 12.6.